The van der Waals surface area contributed by atoms with Crippen molar-refractivity contribution in [2.75, 3.05) is 18.1 Å². The van der Waals surface area contributed by atoms with Gasteiger partial charge in [0.15, 0.2) is 5.78 Å². The lowest BCUT2D eigenvalue weighted by Crippen LogP contribution is -2.34. The van der Waals surface area contributed by atoms with Crippen LogP contribution in [-0.4, -0.2) is 29.9 Å². The summed E-state index contributed by atoms with van der Waals surface area (Å²) in [4.78, 5) is 25.7. The van der Waals surface area contributed by atoms with Crippen LogP contribution in [0, 0.1) is 6.92 Å². The van der Waals surface area contributed by atoms with Crippen LogP contribution in [0.25, 0.3) is 0 Å². The molecule has 5 heteroatoms. The molecule has 0 bridgehead atoms. The highest BCUT2D eigenvalue weighted by atomic mass is 32.2. The van der Waals surface area contributed by atoms with Gasteiger partial charge in [0.05, 0.1) is 5.57 Å². The van der Waals surface area contributed by atoms with E-state index >= 15 is 0 Å². The van der Waals surface area contributed by atoms with Crippen LogP contribution in [0.4, 0.5) is 0 Å². The number of aryl methyl sites for hydroxylation is 1. The third-order valence-electron chi connectivity index (χ3n) is 5.07. The molecular formula is C22H27NO3S. The Hall–Kier alpha value is -2.01. The molecule has 1 aliphatic carbocycles. The van der Waals surface area contributed by atoms with E-state index in [0.717, 1.165) is 52.4 Å². The molecule has 1 heterocycles. The Morgan fingerprint density at radius 3 is 2.67 bits per heavy atom. The fourth-order valence-corrected chi connectivity index (χ4v) is 4.25. The van der Waals surface area contributed by atoms with E-state index in [4.69, 9.17) is 4.74 Å². The van der Waals surface area contributed by atoms with Gasteiger partial charge < -0.3 is 10.1 Å². The van der Waals surface area contributed by atoms with Gasteiger partial charge in [-0.1, -0.05) is 36.8 Å². The van der Waals surface area contributed by atoms with Crippen LogP contribution in [0.3, 0.4) is 0 Å². The molecule has 0 radical (unpaired) electrons. The Labute approximate surface area is 165 Å². The van der Waals surface area contributed by atoms with E-state index in [9.17, 15) is 9.59 Å². The van der Waals surface area contributed by atoms with Gasteiger partial charge in [-0.2, -0.15) is 11.8 Å². The minimum atomic E-state index is -0.346. The molecule has 0 unspecified atom stereocenters. The number of rotatable bonds is 6. The van der Waals surface area contributed by atoms with Gasteiger partial charge in [-0.3, -0.25) is 4.79 Å². The van der Waals surface area contributed by atoms with E-state index in [1.165, 1.54) is 0 Å². The monoisotopic (exact) mass is 385 g/mol. The molecule has 0 amide bonds. The second-order valence-electron chi connectivity index (χ2n) is 7.01. The van der Waals surface area contributed by atoms with Crippen molar-refractivity contribution in [2.45, 2.75) is 46.0 Å². The summed E-state index contributed by atoms with van der Waals surface area (Å²) in [6.07, 6.45) is 2.24. The average molecular weight is 386 g/mol. The number of hydrogen-bond acceptors (Lipinski definition) is 5. The van der Waals surface area contributed by atoms with Crippen molar-refractivity contribution >= 4 is 23.5 Å². The average Bonchev–Trinajstić information content (AvgIpc) is 2.65. The van der Waals surface area contributed by atoms with Crippen molar-refractivity contribution in [3.8, 4) is 0 Å². The SMILES string of the molecule is CCSCCOC(=O)C1=C(C)NC2=C(C(=O)CCC2)[C@@H]1c1ccc(C)cc1. The normalized spacial score (nSPS) is 19.7. The van der Waals surface area contributed by atoms with Crippen LogP contribution >= 0.6 is 11.8 Å². The maximum atomic E-state index is 12.9. The van der Waals surface area contributed by atoms with Crippen LogP contribution in [0.15, 0.2) is 46.8 Å². The van der Waals surface area contributed by atoms with Crippen molar-refractivity contribution in [3.05, 3.63) is 57.9 Å². The minimum absolute atomic E-state index is 0.133. The molecule has 1 aromatic rings. The third kappa shape index (κ3) is 4.29. The standard InChI is InChI=1S/C22H27NO3S/c1-4-27-13-12-26-22(25)19-15(3)23-17-6-5-7-18(24)21(17)20(19)16-10-8-14(2)9-11-16/h8-11,20,23H,4-7,12-13H2,1-3H3/t20-/m1/s1. The predicted octanol–water partition coefficient (Wildman–Crippen LogP) is 4.26. The van der Waals surface area contributed by atoms with E-state index in [-0.39, 0.29) is 17.7 Å². The Morgan fingerprint density at radius 2 is 1.96 bits per heavy atom. The smallest absolute Gasteiger partial charge is 0.336 e. The molecule has 0 saturated heterocycles. The Kier molecular flexibility index (Phi) is 6.42. The minimum Gasteiger partial charge on any atom is -0.461 e. The molecule has 1 aromatic carbocycles. The predicted molar refractivity (Wildman–Crippen MR) is 110 cm³/mol. The number of ether oxygens (including phenoxy) is 1. The number of hydrogen-bond donors (Lipinski definition) is 1. The molecule has 0 fully saturated rings. The van der Waals surface area contributed by atoms with Gasteiger partial charge in [-0.05, 0) is 38.0 Å². The number of thioether (sulfide) groups is 1. The number of carbonyl (C=O) groups is 2. The van der Waals surface area contributed by atoms with Gasteiger partial charge in [-0.15, -0.1) is 0 Å². The molecule has 2 aliphatic rings. The Bertz CT molecular complexity index is 792. The molecular weight excluding hydrogens is 358 g/mol. The summed E-state index contributed by atoms with van der Waals surface area (Å²) in [5.74, 6) is 1.24. The summed E-state index contributed by atoms with van der Waals surface area (Å²) in [7, 11) is 0. The first-order chi connectivity index (χ1) is 13.0. The van der Waals surface area contributed by atoms with Gasteiger partial charge in [0.2, 0.25) is 0 Å². The lowest BCUT2D eigenvalue weighted by molar-refractivity contribution is -0.138. The first-order valence-electron chi connectivity index (χ1n) is 9.58. The quantitative estimate of drug-likeness (QED) is 0.586. The van der Waals surface area contributed by atoms with Gasteiger partial charge >= 0.3 is 5.97 Å². The van der Waals surface area contributed by atoms with Crippen molar-refractivity contribution < 1.29 is 14.3 Å². The molecule has 0 aromatic heterocycles. The van der Waals surface area contributed by atoms with Crippen molar-refractivity contribution in [1.82, 2.24) is 5.32 Å². The summed E-state index contributed by atoms with van der Waals surface area (Å²) in [5.41, 5.74) is 5.19. The highest BCUT2D eigenvalue weighted by Gasteiger charge is 2.38. The number of allylic oxidation sites excluding steroid dienone is 3. The summed E-state index contributed by atoms with van der Waals surface area (Å²) in [5, 5.41) is 3.32. The van der Waals surface area contributed by atoms with Crippen molar-refractivity contribution in [1.29, 1.82) is 0 Å². The lowest BCUT2D eigenvalue weighted by Gasteiger charge is -2.34. The van der Waals surface area contributed by atoms with E-state index in [0.29, 0.717) is 18.6 Å². The topological polar surface area (TPSA) is 55.4 Å². The maximum absolute atomic E-state index is 12.9. The van der Waals surface area contributed by atoms with E-state index in [1.54, 1.807) is 11.8 Å². The molecule has 4 nitrogen and oxygen atoms in total. The fraction of sp³-hybridized carbons (Fsp3) is 0.455. The van der Waals surface area contributed by atoms with Crippen LogP contribution in [-0.2, 0) is 14.3 Å². The Balaban J connectivity index is 1.97. The molecule has 1 atom stereocenters. The zero-order valence-corrected chi connectivity index (χ0v) is 17.1. The van der Waals surface area contributed by atoms with E-state index in [1.807, 2.05) is 38.1 Å². The number of carbonyl (C=O) groups excluding carboxylic acids is 2. The van der Waals surface area contributed by atoms with Crippen molar-refractivity contribution in [3.63, 3.8) is 0 Å². The number of esters is 1. The molecule has 0 spiro atoms. The third-order valence-corrected chi connectivity index (χ3v) is 5.94. The van der Waals surface area contributed by atoms with Crippen LogP contribution in [0.2, 0.25) is 0 Å². The van der Waals surface area contributed by atoms with Crippen LogP contribution in [0.1, 0.15) is 50.2 Å². The fourth-order valence-electron chi connectivity index (χ4n) is 3.76. The summed E-state index contributed by atoms with van der Waals surface area (Å²) in [6.45, 7) is 6.40. The second kappa shape index (κ2) is 8.79. The molecule has 0 saturated carbocycles. The van der Waals surface area contributed by atoms with Gasteiger partial charge in [-0.25, -0.2) is 4.79 Å². The zero-order valence-electron chi connectivity index (χ0n) is 16.3. The highest BCUT2D eigenvalue weighted by molar-refractivity contribution is 7.99. The van der Waals surface area contributed by atoms with E-state index in [2.05, 4.69) is 12.2 Å². The summed E-state index contributed by atoms with van der Waals surface area (Å²) in [6, 6.07) is 8.10. The zero-order chi connectivity index (χ0) is 19.4. The van der Waals surface area contributed by atoms with Crippen molar-refractivity contribution in [2.24, 2.45) is 0 Å². The largest absolute Gasteiger partial charge is 0.461 e. The first-order valence-corrected chi connectivity index (χ1v) is 10.7. The first kappa shape index (κ1) is 19.7. The second-order valence-corrected chi connectivity index (χ2v) is 8.40. The van der Waals surface area contributed by atoms with Gasteiger partial charge in [0.25, 0.3) is 0 Å². The number of benzene rings is 1. The maximum Gasteiger partial charge on any atom is 0.336 e. The van der Waals surface area contributed by atoms with Crippen LogP contribution in [0.5, 0.6) is 0 Å². The van der Waals surface area contributed by atoms with Gasteiger partial charge in [0.1, 0.15) is 6.61 Å². The number of ketones is 1. The Morgan fingerprint density at radius 1 is 1.22 bits per heavy atom. The van der Waals surface area contributed by atoms with Crippen LogP contribution < -0.4 is 5.32 Å². The summed E-state index contributed by atoms with van der Waals surface area (Å²) >= 11 is 1.74. The highest BCUT2D eigenvalue weighted by Crippen LogP contribution is 2.42. The number of dihydropyridines is 1. The summed E-state index contributed by atoms with van der Waals surface area (Å²) < 4.78 is 5.55. The molecule has 1 N–H and O–H groups in total. The molecule has 3 rings (SSSR count). The number of Topliss-reactive ketones (excluding diaryl/α,β-unsaturated/α-hetero) is 1. The molecule has 144 valence electrons. The van der Waals surface area contributed by atoms with Gasteiger partial charge in [0, 0.05) is 35.1 Å². The molecule has 1 aliphatic heterocycles. The number of nitrogens with one attached hydrogen (secondary N) is 1. The molecule has 27 heavy (non-hydrogen) atoms. The van der Waals surface area contributed by atoms with E-state index < -0.39 is 0 Å². The lowest BCUT2D eigenvalue weighted by atomic mass is 9.75.